The van der Waals surface area contributed by atoms with Gasteiger partial charge in [-0.25, -0.2) is 4.39 Å². The van der Waals surface area contributed by atoms with E-state index in [-0.39, 0.29) is 30.1 Å². The summed E-state index contributed by atoms with van der Waals surface area (Å²) >= 11 is 0. The Kier molecular flexibility index (Phi) is 6.89. The smallest absolute Gasteiger partial charge is 0.238 e. The molecule has 1 saturated heterocycles. The minimum Gasteiger partial charge on any atom is -0.497 e. The van der Waals surface area contributed by atoms with Crippen molar-refractivity contribution in [1.82, 2.24) is 9.80 Å². The molecule has 4 rings (SSSR count). The van der Waals surface area contributed by atoms with Crippen molar-refractivity contribution in [3.63, 3.8) is 0 Å². The first-order valence-electron chi connectivity index (χ1n) is 11.1. The fourth-order valence-corrected chi connectivity index (χ4v) is 4.12. The van der Waals surface area contributed by atoms with Gasteiger partial charge in [0.05, 0.1) is 19.6 Å². The number of fused-ring (bicyclic) bond motifs is 1. The van der Waals surface area contributed by atoms with Crippen molar-refractivity contribution >= 4 is 28.3 Å². The molecule has 172 valence electrons. The molecule has 0 aliphatic carbocycles. The van der Waals surface area contributed by atoms with Crippen LogP contribution in [0, 0.1) is 5.82 Å². The number of ether oxygens (including phenoxy) is 1. The number of methoxy groups -OCH3 is 1. The number of nitrogens with zero attached hydrogens (tertiary/aromatic N) is 2. The molecule has 3 aromatic carbocycles. The first kappa shape index (κ1) is 22.7. The highest BCUT2D eigenvalue weighted by Crippen LogP contribution is 2.26. The summed E-state index contributed by atoms with van der Waals surface area (Å²) in [4.78, 5) is 29.3. The summed E-state index contributed by atoms with van der Waals surface area (Å²) in [6.07, 6.45) is 0. The summed E-state index contributed by atoms with van der Waals surface area (Å²) in [5.41, 5.74) is 1.55. The summed E-state index contributed by atoms with van der Waals surface area (Å²) in [5.74, 6) is 0.168. The molecular weight excluding hydrogens is 421 g/mol. The molecule has 7 heteroatoms. The van der Waals surface area contributed by atoms with Gasteiger partial charge >= 0.3 is 0 Å². The zero-order valence-electron chi connectivity index (χ0n) is 18.9. The second-order valence-electron chi connectivity index (χ2n) is 8.35. The molecule has 0 unspecified atom stereocenters. The van der Waals surface area contributed by atoms with Crippen LogP contribution in [0.15, 0.2) is 60.7 Å². The third-order valence-corrected chi connectivity index (χ3v) is 6.12. The van der Waals surface area contributed by atoms with Gasteiger partial charge < -0.3 is 15.0 Å². The molecule has 0 spiro atoms. The van der Waals surface area contributed by atoms with Crippen molar-refractivity contribution in [3.05, 3.63) is 72.0 Å². The van der Waals surface area contributed by atoms with Crippen molar-refractivity contribution < 1.29 is 18.7 Å². The van der Waals surface area contributed by atoms with Gasteiger partial charge in [-0.15, -0.1) is 0 Å². The van der Waals surface area contributed by atoms with Gasteiger partial charge in [-0.2, -0.15) is 0 Å². The van der Waals surface area contributed by atoms with E-state index in [1.54, 1.807) is 7.11 Å². The largest absolute Gasteiger partial charge is 0.497 e. The third kappa shape index (κ3) is 5.49. The van der Waals surface area contributed by atoms with E-state index in [0.29, 0.717) is 31.9 Å². The number of nitrogens with one attached hydrogen (secondary N) is 1. The number of amides is 2. The Hall–Kier alpha value is -3.45. The van der Waals surface area contributed by atoms with Crippen LogP contribution in [0.4, 0.5) is 10.1 Å². The molecular formula is C26H28FN3O3. The van der Waals surface area contributed by atoms with Gasteiger partial charge in [-0.3, -0.25) is 14.5 Å². The molecule has 0 bridgehead atoms. The maximum atomic E-state index is 13.1. The van der Waals surface area contributed by atoms with Crippen LogP contribution in [0.25, 0.3) is 10.8 Å². The highest BCUT2D eigenvalue weighted by molar-refractivity contribution is 5.92. The summed E-state index contributed by atoms with van der Waals surface area (Å²) in [5, 5.41) is 4.92. The van der Waals surface area contributed by atoms with Crippen molar-refractivity contribution in [1.29, 1.82) is 0 Å². The minimum atomic E-state index is -0.341. The Labute approximate surface area is 192 Å². The highest BCUT2D eigenvalue weighted by Gasteiger charge is 2.26. The fraction of sp³-hybridized carbons (Fsp3) is 0.308. The predicted molar refractivity (Wildman–Crippen MR) is 127 cm³/mol. The molecule has 0 aromatic heterocycles. The first-order chi connectivity index (χ1) is 15.9. The number of hydrogen-bond donors (Lipinski definition) is 1. The molecule has 1 atom stereocenters. The molecule has 1 heterocycles. The van der Waals surface area contributed by atoms with Crippen LogP contribution in [0.3, 0.4) is 0 Å². The van der Waals surface area contributed by atoms with Gasteiger partial charge in [0, 0.05) is 31.9 Å². The standard InChI is InChI=1S/C26H28FN3O3/c1-18(19-3-4-21-16-24(33-2)10-5-20(21)15-19)26(32)30-13-11-29(12-14-30)17-25(31)28-23-8-6-22(27)7-9-23/h3-10,15-16,18H,11-14,17H2,1-2H3,(H,28,31)/t18-/m1/s1. The molecule has 6 nitrogen and oxygen atoms in total. The van der Waals surface area contributed by atoms with Gasteiger partial charge in [-0.05, 0) is 59.7 Å². The number of benzene rings is 3. The van der Waals surface area contributed by atoms with E-state index in [0.717, 1.165) is 22.1 Å². The summed E-state index contributed by atoms with van der Waals surface area (Å²) < 4.78 is 18.3. The molecule has 2 amide bonds. The van der Waals surface area contributed by atoms with Crippen LogP contribution in [0.5, 0.6) is 5.75 Å². The second-order valence-corrected chi connectivity index (χ2v) is 8.35. The number of halogens is 1. The lowest BCUT2D eigenvalue weighted by atomic mass is 9.96. The lowest BCUT2D eigenvalue weighted by molar-refractivity contribution is -0.134. The zero-order chi connectivity index (χ0) is 23.4. The third-order valence-electron chi connectivity index (χ3n) is 6.12. The first-order valence-corrected chi connectivity index (χ1v) is 11.1. The Morgan fingerprint density at radius 1 is 0.970 bits per heavy atom. The summed E-state index contributed by atoms with van der Waals surface area (Å²) in [7, 11) is 1.65. The van der Waals surface area contributed by atoms with Crippen molar-refractivity contribution in [2.24, 2.45) is 0 Å². The van der Waals surface area contributed by atoms with E-state index in [1.165, 1.54) is 24.3 Å². The number of hydrogen-bond acceptors (Lipinski definition) is 4. The molecule has 1 aliphatic rings. The molecule has 1 fully saturated rings. The van der Waals surface area contributed by atoms with Gasteiger partial charge in [0.1, 0.15) is 11.6 Å². The highest BCUT2D eigenvalue weighted by atomic mass is 19.1. The molecule has 3 aromatic rings. The number of rotatable bonds is 6. The SMILES string of the molecule is COc1ccc2cc([C@@H](C)C(=O)N3CCN(CC(=O)Nc4ccc(F)cc4)CC3)ccc2c1. The average molecular weight is 450 g/mol. The molecule has 1 N–H and O–H groups in total. The van der Waals surface area contributed by atoms with E-state index in [2.05, 4.69) is 11.4 Å². The van der Waals surface area contributed by atoms with Crippen molar-refractivity contribution in [2.75, 3.05) is 45.2 Å². The number of carbonyl (C=O) groups is 2. The Balaban J connectivity index is 1.30. The zero-order valence-corrected chi connectivity index (χ0v) is 18.9. The summed E-state index contributed by atoms with van der Waals surface area (Å²) in [6, 6.07) is 17.7. The Morgan fingerprint density at radius 3 is 2.33 bits per heavy atom. The number of carbonyl (C=O) groups excluding carboxylic acids is 2. The maximum absolute atomic E-state index is 13.1. The van der Waals surface area contributed by atoms with Gasteiger partial charge in [0.2, 0.25) is 11.8 Å². The maximum Gasteiger partial charge on any atom is 0.238 e. The van der Waals surface area contributed by atoms with Crippen LogP contribution < -0.4 is 10.1 Å². The molecule has 33 heavy (non-hydrogen) atoms. The van der Waals surface area contributed by atoms with Crippen LogP contribution in [-0.2, 0) is 9.59 Å². The van der Waals surface area contributed by atoms with Crippen LogP contribution >= 0.6 is 0 Å². The second kappa shape index (κ2) is 10.0. The van der Waals surface area contributed by atoms with Crippen LogP contribution in [0.2, 0.25) is 0 Å². The monoisotopic (exact) mass is 449 g/mol. The minimum absolute atomic E-state index is 0.0956. The quantitative estimate of drug-likeness (QED) is 0.621. The molecule has 0 radical (unpaired) electrons. The lowest BCUT2D eigenvalue weighted by Gasteiger charge is -2.35. The lowest BCUT2D eigenvalue weighted by Crippen LogP contribution is -2.51. The number of anilines is 1. The van der Waals surface area contributed by atoms with E-state index in [9.17, 15) is 14.0 Å². The fourth-order valence-electron chi connectivity index (χ4n) is 4.12. The predicted octanol–water partition coefficient (Wildman–Crippen LogP) is 3.87. The van der Waals surface area contributed by atoms with E-state index >= 15 is 0 Å². The summed E-state index contributed by atoms with van der Waals surface area (Å²) in [6.45, 7) is 4.60. The number of piperazine rings is 1. The normalized spacial score (nSPS) is 15.3. The Bertz CT molecular complexity index is 1140. The topological polar surface area (TPSA) is 61.9 Å². The molecule has 0 saturated carbocycles. The molecule has 1 aliphatic heterocycles. The van der Waals surface area contributed by atoms with Gasteiger partial charge in [0.15, 0.2) is 0 Å². The van der Waals surface area contributed by atoms with Crippen molar-refractivity contribution in [2.45, 2.75) is 12.8 Å². The van der Waals surface area contributed by atoms with E-state index in [1.807, 2.05) is 47.1 Å². The average Bonchev–Trinajstić information content (AvgIpc) is 2.84. The van der Waals surface area contributed by atoms with Gasteiger partial charge in [-0.1, -0.05) is 24.3 Å². The van der Waals surface area contributed by atoms with E-state index < -0.39 is 0 Å². The van der Waals surface area contributed by atoms with Crippen LogP contribution in [-0.4, -0.2) is 61.4 Å². The Morgan fingerprint density at radius 2 is 1.64 bits per heavy atom. The van der Waals surface area contributed by atoms with Crippen molar-refractivity contribution in [3.8, 4) is 5.75 Å². The van der Waals surface area contributed by atoms with Gasteiger partial charge in [0.25, 0.3) is 0 Å². The van der Waals surface area contributed by atoms with E-state index in [4.69, 9.17) is 4.74 Å². The van der Waals surface area contributed by atoms with Crippen LogP contribution in [0.1, 0.15) is 18.4 Å².